The second-order valence-corrected chi connectivity index (χ2v) is 11.0. The van der Waals surface area contributed by atoms with Crippen molar-refractivity contribution in [1.29, 1.82) is 0 Å². The number of carboxylic acids is 1. The van der Waals surface area contributed by atoms with E-state index in [1.807, 2.05) is 30.3 Å². The summed E-state index contributed by atoms with van der Waals surface area (Å²) < 4.78 is 6.47. The molecule has 1 aliphatic heterocycles. The number of ether oxygens (including phenoxy) is 1. The summed E-state index contributed by atoms with van der Waals surface area (Å²) in [7, 11) is 0. The molecule has 7 heteroatoms. The van der Waals surface area contributed by atoms with Crippen LogP contribution in [0.25, 0.3) is 6.08 Å². The highest BCUT2D eigenvalue weighted by Gasteiger charge is 2.31. The lowest BCUT2D eigenvalue weighted by atomic mass is 9.87. The maximum Gasteiger partial charge on any atom is 0.303 e. The molecule has 1 aliphatic rings. The van der Waals surface area contributed by atoms with E-state index in [9.17, 15) is 9.59 Å². The van der Waals surface area contributed by atoms with Crippen molar-refractivity contribution in [2.45, 2.75) is 58.5 Å². The average molecular weight is 498 g/mol. The van der Waals surface area contributed by atoms with Gasteiger partial charge in [-0.05, 0) is 53.2 Å². The molecule has 0 aliphatic carbocycles. The zero-order valence-electron chi connectivity index (χ0n) is 19.9. The molecule has 1 amide bonds. The minimum Gasteiger partial charge on any atom is -0.489 e. The highest BCUT2D eigenvalue weighted by atomic mass is 32.2. The summed E-state index contributed by atoms with van der Waals surface area (Å²) >= 11 is 6.68. The second kappa shape index (κ2) is 11.7. The van der Waals surface area contributed by atoms with Crippen molar-refractivity contribution in [3.05, 3.63) is 70.1 Å². The minimum absolute atomic E-state index is 0.0905. The topological polar surface area (TPSA) is 66.8 Å². The van der Waals surface area contributed by atoms with Crippen molar-refractivity contribution in [2.75, 3.05) is 6.54 Å². The van der Waals surface area contributed by atoms with E-state index in [0.717, 1.165) is 29.7 Å². The van der Waals surface area contributed by atoms with Crippen LogP contribution >= 0.6 is 24.0 Å². The van der Waals surface area contributed by atoms with Gasteiger partial charge in [-0.1, -0.05) is 87.6 Å². The quantitative estimate of drug-likeness (QED) is 0.232. The molecule has 0 bridgehead atoms. The molecule has 0 radical (unpaired) electrons. The first-order valence-electron chi connectivity index (χ1n) is 11.4. The van der Waals surface area contributed by atoms with Gasteiger partial charge in [-0.3, -0.25) is 14.5 Å². The number of thiocarbonyl (C=S) groups is 1. The number of thioether (sulfide) groups is 1. The van der Waals surface area contributed by atoms with Crippen molar-refractivity contribution < 1.29 is 19.4 Å². The number of carbonyl (C=O) groups excluding carboxylic acids is 1. The third kappa shape index (κ3) is 7.43. The molecule has 0 aromatic heterocycles. The number of hydrogen-bond donors (Lipinski definition) is 1. The van der Waals surface area contributed by atoms with Gasteiger partial charge in [-0.2, -0.15) is 0 Å². The number of carboxylic acid groups (broad SMARTS) is 1. The first-order valence-corrected chi connectivity index (χ1v) is 12.7. The first-order chi connectivity index (χ1) is 16.1. The largest absolute Gasteiger partial charge is 0.489 e. The van der Waals surface area contributed by atoms with Gasteiger partial charge in [-0.25, -0.2) is 0 Å². The number of benzene rings is 2. The average Bonchev–Trinajstić information content (AvgIpc) is 3.05. The zero-order chi connectivity index (χ0) is 24.7. The lowest BCUT2D eigenvalue weighted by Crippen LogP contribution is -2.29. The lowest BCUT2D eigenvalue weighted by Gasteiger charge is -2.19. The second-order valence-electron chi connectivity index (χ2n) is 9.34. The Kier molecular flexibility index (Phi) is 8.91. The lowest BCUT2D eigenvalue weighted by molar-refractivity contribution is -0.137. The van der Waals surface area contributed by atoms with Crippen molar-refractivity contribution >= 4 is 46.3 Å². The Labute approximate surface area is 211 Å². The SMILES string of the molecule is CC(C)(C)c1ccc(COc2ccc(/C=C3/SC(=S)N(CCCCCC(=O)O)C3=O)cc2)cc1. The number of unbranched alkanes of at least 4 members (excludes halogenated alkanes) is 2. The third-order valence-corrected chi connectivity index (χ3v) is 6.93. The van der Waals surface area contributed by atoms with E-state index in [1.165, 1.54) is 17.3 Å². The van der Waals surface area contributed by atoms with Crippen molar-refractivity contribution in [3.63, 3.8) is 0 Å². The standard InChI is InChI=1S/C27H31NO4S2/c1-27(2,3)21-12-8-20(9-13-21)18-32-22-14-10-19(11-15-22)17-23-25(31)28(26(33)34-23)16-6-4-5-7-24(29)30/h8-15,17H,4-7,16,18H2,1-3H3,(H,29,30)/b23-17+. The van der Waals surface area contributed by atoms with Crippen molar-refractivity contribution in [2.24, 2.45) is 0 Å². The highest BCUT2D eigenvalue weighted by molar-refractivity contribution is 8.26. The monoisotopic (exact) mass is 497 g/mol. The molecule has 0 saturated carbocycles. The molecule has 1 heterocycles. The van der Waals surface area contributed by atoms with Gasteiger partial charge in [-0.15, -0.1) is 0 Å². The van der Waals surface area contributed by atoms with E-state index < -0.39 is 5.97 Å². The summed E-state index contributed by atoms with van der Waals surface area (Å²) in [5.41, 5.74) is 3.45. The fraction of sp³-hybridized carbons (Fsp3) is 0.370. The van der Waals surface area contributed by atoms with E-state index in [2.05, 4.69) is 45.0 Å². The Morgan fingerprint density at radius 3 is 2.35 bits per heavy atom. The van der Waals surface area contributed by atoms with Gasteiger partial charge >= 0.3 is 5.97 Å². The summed E-state index contributed by atoms with van der Waals surface area (Å²) in [6.07, 6.45) is 4.10. The number of rotatable bonds is 10. The third-order valence-electron chi connectivity index (χ3n) is 5.55. The first kappa shape index (κ1) is 26.0. The summed E-state index contributed by atoms with van der Waals surface area (Å²) in [4.78, 5) is 25.5. The van der Waals surface area contributed by atoms with Crippen LogP contribution in [0.3, 0.4) is 0 Å². The number of hydrogen-bond acceptors (Lipinski definition) is 5. The van der Waals surface area contributed by atoms with E-state index in [4.69, 9.17) is 22.1 Å². The zero-order valence-corrected chi connectivity index (χ0v) is 21.5. The van der Waals surface area contributed by atoms with Crippen LogP contribution in [0.4, 0.5) is 0 Å². The van der Waals surface area contributed by atoms with Gasteiger partial charge in [0.15, 0.2) is 0 Å². The van der Waals surface area contributed by atoms with Crippen LogP contribution in [0.15, 0.2) is 53.4 Å². The predicted octanol–water partition coefficient (Wildman–Crippen LogP) is 6.41. The summed E-state index contributed by atoms with van der Waals surface area (Å²) in [6.45, 7) is 7.61. The van der Waals surface area contributed by atoms with Crippen molar-refractivity contribution in [1.82, 2.24) is 4.90 Å². The Morgan fingerprint density at radius 2 is 1.74 bits per heavy atom. The molecule has 0 unspecified atom stereocenters. The molecule has 0 spiro atoms. The molecule has 1 saturated heterocycles. The molecule has 2 aromatic rings. The molecule has 1 fully saturated rings. The van der Waals surface area contributed by atoms with Gasteiger partial charge in [0.05, 0.1) is 4.91 Å². The smallest absolute Gasteiger partial charge is 0.303 e. The van der Waals surface area contributed by atoms with Gasteiger partial charge in [0.2, 0.25) is 0 Å². The molecular weight excluding hydrogens is 466 g/mol. The van der Waals surface area contributed by atoms with Crippen LogP contribution in [0.1, 0.15) is 63.1 Å². The molecular formula is C27H31NO4S2. The van der Waals surface area contributed by atoms with Crippen LogP contribution < -0.4 is 4.74 Å². The summed E-state index contributed by atoms with van der Waals surface area (Å²) in [5, 5.41) is 8.71. The van der Waals surface area contributed by atoms with Crippen LogP contribution in [-0.4, -0.2) is 32.7 Å². The highest BCUT2D eigenvalue weighted by Crippen LogP contribution is 2.33. The molecule has 180 valence electrons. The van der Waals surface area contributed by atoms with Gasteiger partial charge in [0, 0.05) is 13.0 Å². The maximum absolute atomic E-state index is 12.7. The summed E-state index contributed by atoms with van der Waals surface area (Å²) in [5.74, 6) is -0.113. The molecule has 3 rings (SSSR count). The maximum atomic E-state index is 12.7. The minimum atomic E-state index is -0.792. The van der Waals surface area contributed by atoms with Gasteiger partial charge in [0.1, 0.15) is 16.7 Å². The Hall–Kier alpha value is -2.64. The number of aliphatic carboxylic acids is 1. The van der Waals surface area contributed by atoms with E-state index in [-0.39, 0.29) is 17.7 Å². The molecule has 1 N–H and O–H groups in total. The number of carbonyl (C=O) groups is 2. The van der Waals surface area contributed by atoms with Crippen LogP contribution in [0, 0.1) is 0 Å². The van der Waals surface area contributed by atoms with Gasteiger partial charge < -0.3 is 9.84 Å². The fourth-order valence-electron chi connectivity index (χ4n) is 3.49. The van der Waals surface area contributed by atoms with Gasteiger partial charge in [0.25, 0.3) is 5.91 Å². The fourth-order valence-corrected chi connectivity index (χ4v) is 4.80. The van der Waals surface area contributed by atoms with E-state index >= 15 is 0 Å². The number of amides is 1. The Balaban J connectivity index is 1.52. The van der Waals surface area contributed by atoms with Crippen LogP contribution in [0.5, 0.6) is 5.75 Å². The van der Waals surface area contributed by atoms with E-state index in [1.54, 1.807) is 4.90 Å². The van der Waals surface area contributed by atoms with Crippen LogP contribution in [0.2, 0.25) is 0 Å². The predicted molar refractivity (Wildman–Crippen MR) is 142 cm³/mol. The molecule has 0 atom stereocenters. The van der Waals surface area contributed by atoms with Crippen molar-refractivity contribution in [3.8, 4) is 5.75 Å². The molecule has 34 heavy (non-hydrogen) atoms. The number of nitrogens with zero attached hydrogens (tertiary/aromatic N) is 1. The molecule has 5 nitrogen and oxygen atoms in total. The summed E-state index contributed by atoms with van der Waals surface area (Å²) in [6, 6.07) is 16.2. The van der Waals surface area contributed by atoms with E-state index in [0.29, 0.717) is 28.8 Å². The normalized spacial score (nSPS) is 15.3. The Morgan fingerprint density at radius 1 is 1.06 bits per heavy atom. The molecule has 2 aromatic carbocycles. The van der Waals surface area contributed by atoms with Crippen LogP contribution in [-0.2, 0) is 21.6 Å². The Bertz CT molecular complexity index is 1050.